The number of hydrogen-bond acceptors (Lipinski definition) is 3. The van der Waals surface area contributed by atoms with Crippen LogP contribution in [0.4, 0.5) is 0 Å². The fraction of sp³-hybridized carbons (Fsp3) is 0.174. The van der Waals surface area contributed by atoms with Crippen LogP contribution in [0.25, 0.3) is 0 Å². The molecule has 0 saturated carbocycles. The zero-order valence-corrected chi connectivity index (χ0v) is 15.8. The Bertz CT molecular complexity index is 927. The second kappa shape index (κ2) is 9.46. The number of rotatable bonds is 7. The lowest BCUT2D eigenvalue weighted by atomic mass is 10.1. The highest BCUT2D eigenvalue weighted by molar-refractivity contribution is 5.96. The Kier molecular flexibility index (Phi) is 6.52. The fourth-order valence-electron chi connectivity index (χ4n) is 2.84. The van der Waals surface area contributed by atoms with E-state index in [9.17, 15) is 9.59 Å². The third kappa shape index (κ3) is 5.27. The molecule has 0 aliphatic heterocycles. The molecule has 5 heteroatoms. The number of pyridine rings is 1. The summed E-state index contributed by atoms with van der Waals surface area (Å²) in [5, 5.41) is 5.76. The molecule has 0 saturated heterocycles. The van der Waals surface area contributed by atoms with Gasteiger partial charge < -0.3 is 10.6 Å². The minimum atomic E-state index is -0.310. The lowest BCUT2D eigenvalue weighted by Crippen LogP contribution is -2.30. The number of benzene rings is 2. The van der Waals surface area contributed by atoms with Crippen LogP contribution in [0.1, 0.15) is 45.1 Å². The van der Waals surface area contributed by atoms with Gasteiger partial charge in [-0.3, -0.25) is 9.59 Å². The van der Waals surface area contributed by atoms with E-state index in [4.69, 9.17) is 0 Å². The average Bonchev–Trinajstić information content (AvgIpc) is 2.75. The van der Waals surface area contributed by atoms with Gasteiger partial charge in [-0.2, -0.15) is 0 Å². The van der Waals surface area contributed by atoms with E-state index in [1.807, 2.05) is 67.6 Å². The number of carbonyl (C=O) groups excluding carboxylic acids is 2. The average molecular weight is 373 g/mol. The van der Waals surface area contributed by atoms with E-state index < -0.39 is 0 Å². The van der Waals surface area contributed by atoms with Crippen LogP contribution in [-0.4, -0.2) is 23.3 Å². The lowest BCUT2D eigenvalue weighted by molar-refractivity contribution is 0.0933. The molecule has 2 amide bonds. The molecular weight excluding hydrogens is 350 g/mol. The third-order valence-electron chi connectivity index (χ3n) is 4.40. The van der Waals surface area contributed by atoms with E-state index in [0.717, 1.165) is 17.5 Å². The van der Waals surface area contributed by atoms with Gasteiger partial charge in [0, 0.05) is 6.54 Å². The van der Waals surface area contributed by atoms with Crippen molar-refractivity contribution in [1.29, 1.82) is 0 Å². The van der Waals surface area contributed by atoms with Gasteiger partial charge in [0.05, 0.1) is 6.04 Å². The molecule has 0 fully saturated rings. The van der Waals surface area contributed by atoms with Crippen molar-refractivity contribution in [1.82, 2.24) is 15.6 Å². The first-order valence-corrected chi connectivity index (χ1v) is 9.28. The summed E-state index contributed by atoms with van der Waals surface area (Å²) in [7, 11) is 0. The lowest BCUT2D eigenvalue weighted by Gasteiger charge is -2.14. The fourth-order valence-corrected chi connectivity index (χ4v) is 2.84. The molecule has 0 spiro atoms. The summed E-state index contributed by atoms with van der Waals surface area (Å²) in [6.45, 7) is 2.42. The topological polar surface area (TPSA) is 71.1 Å². The quantitative estimate of drug-likeness (QED) is 0.665. The summed E-state index contributed by atoms with van der Waals surface area (Å²) in [5.74, 6) is -0.600. The standard InChI is InChI=1S/C23H23N3O2/c1-17(19-11-6-3-7-12-19)25-23(28)21-14-8-13-20(26-21)22(27)24-16-15-18-9-4-2-5-10-18/h2-14,17H,15-16H2,1H3,(H,24,27)(H,25,28). The van der Waals surface area contributed by atoms with Crippen LogP contribution in [-0.2, 0) is 6.42 Å². The van der Waals surface area contributed by atoms with Gasteiger partial charge in [-0.15, -0.1) is 0 Å². The van der Waals surface area contributed by atoms with Crippen LogP contribution < -0.4 is 10.6 Å². The number of nitrogens with zero attached hydrogens (tertiary/aromatic N) is 1. The Hall–Kier alpha value is -3.47. The summed E-state index contributed by atoms with van der Waals surface area (Å²) < 4.78 is 0. The van der Waals surface area contributed by atoms with E-state index >= 15 is 0 Å². The van der Waals surface area contributed by atoms with E-state index in [1.54, 1.807) is 18.2 Å². The minimum Gasteiger partial charge on any atom is -0.350 e. The van der Waals surface area contributed by atoms with Crippen molar-refractivity contribution < 1.29 is 9.59 Å². The maximum absolute atomic E-state index is 12.5. The molecule has 0 bridgehead atoms. The molecule has 0 radical (unpaired) electrons. The van der Waals surface area contributed by atoms with E-state index in [1.165, 1.54) is 0 Å². The van der Waals surface area contributed by atoms with Gasteiger partial charge in [0.25, 0.3) is 11.8 Å². The molecule has 0 aliphatic rings. The normalized spacial score (nSPS) is 11.5. The third-order valence-corrected chi connectivity index (χ3v) is 4.40. The predicted molar refractivity (Wildman–Crippen MR) is 109 cm³/mol. The summed E-state index contributed by atoms with van der Waals surface area (Å²) in [4.78, 5) is 29.1. The van der Waals surface area contributed by atoms with Gasteiger partial charge in [-0.1, -0.05) is 66.7 Å². The van der Waals surface area contributed by atoms with Crippen LogP contribution in [0, 0.1) is 0 Å². The second-order valence-electron chi connectivity index (χ2n) is 6.51. The minimum absolute atomic E-state index is 0.154. The summed E-state index contributed by atoms with van der Waals surface area (Å²) in [6, 6.07) is 24.3. The van der Waals surface area contributed by atoms with E-state index in [2.05, 4.69) is 15.6 Å². The maximum atomic E-state index is 12.5. The van der Waals surface area contributed by atoms with Gasteiger partial charge in [0.2, 0.25) is 0 Å². The Balaban J connectivity index is 1.58. The molecule has 28 heavy (non-hydrogen) atoms. The van der Waals surface area contributed by atoms with Crippen LogP contribution in [0.2, 0.25) is 0 Å². The predicted octanol–water partition coefficient (Wildman–Crippen LogP) is 3.55. The van der Waals surface area contributed by atoms with Crippen molar-refractivity contribution >= 4 is 11.8 Å². The SMILES string of the molecule is CC(NC(=O)c1cccc(C(=O)NCCc2ccccc2)n1)c1ccccc1. The number of aromatic nitrogens is 1. The molecule has 3 rings (SSSR count). The molecule has 142 valence electrons. The highest BCUT2D eigenvalue weighted by Gasteiger charge is 2.15. The molecule has 1 atom stereocenters. The van der Waals surface area contributed by atoms with E-state index in [-0.39, 0.29) is 29.2 Å². The van der Waals surface area contributed by atoms with Gasteiger partial charge >= 0.3 is 0 Å². The number of hydrogen-bond donors (Lipinski definition) is 2. The number of carbonyl (C=O) groups is 2. The van der Waals surface area contributed by atoms with Crippen LogP contribution in [0.5, 0.6) is 0 Å². The Morgan fingerprint density at radius 1 is 0.821 bits per heavy atom. The summed E-state index contributed by atoms with van der Waals surface area (Å²) in [6.07, 6.45) is 0.737. The van der Waals surface area contributed by atoms with Crippen molar-refractivity contribution in [3.63, 3.8) is 0 Å². The largest absolute Gasteiger partial charge is 0.350 e. The Labute approximate surface area is 164 Å². The molecule has 0 aliphatic carbocycles. The van der Waals surface area contributed by atoms with Crippen molar-refractivity contribution in [3.05, 3.63) is 101 Å². The van der Waals surface area contributed by atoms with Gasteiger partial charge in [0.1, 0.15) is 11.4 Å². The maximum Gasteiger partial charge on any atom is 0.270 e. The Morgan fingerprint density at radius 3 is 2.11 bits per heavy atom. The summed E-state index contributed by atoms with van der Waals surface area (Å²) in [5.41, 5.74) is 2.61. The molecule has 1 aromatic heterocycles. The van der Waals surface area contributed by atoms with Crippen molar-refractivity contribution in [2.45, 2.75) is 19.4 Å². The first kappa shape index (κ1) is 19.3. The second-order valence-corrected chi connectivity index (χ2v) is 6.51. The van der Waals surface area contributed by atoms with Crippen LogP contribution >= 0.6 is 0 Å². The first-order chi connectivity index (χ1) is 13.6. The molecule has 1 heterocycles. The molecule has 2 N–H and O–H groups in total. The molecule has 1 unspecified atom stereocenters. The van der Waals surface area contributed by atoms with Crippen molar-refractivity contribution in [2.24, 2.45) is 0 Å². The molecule has 2 aromatic carbocycles. The van der Waals surface area contributed by atoms with Gasteiger partial charge in [-0.05, 0) is 36.6 Å². The van der Waals surface area contributed by atoms with Gasteiger partial charge in [-0.25, -0.2) is 4.98 Å². The highest BCUT2D eigenvalue weighted by Crippen LogP contribution is 2.12. The van der Waals surface area contributed by atoms with Crippen molar-refractivity contribution in [3.8, 4) is 0 Å². The smallest absolute Gasteiger partial charge is 0.270 e. The van der Waals surface area contributed by atoms with Crippen LogP contribution in [0.15, 0.2) is 78.9 Å². The summed E-state index contributed by atoms with van der Waals surface area (Å²) >= 11 is 0. The van der Waals surface area contributed by atoms with Crippen LogP contribution in [0.3, 0.4) is 0 Å². The molecule has 5 nitrogen and oxygen atoms in total. The molecular formula is C23H23N3O2. The highest BCUT2D eigenvalue weighted by atomic mass is 16.2. The molecule has 3 aromatic rings. The first-order valence-electron chi connectivity index (χ1n) is 9.28. The number of nitrogens with one attached hydrogen (secondary N) is 2. The Morgan fingerprint density at radius 2 is 1.43 bits per heavy atom. The van der Waals surface area contributed by atoms with Crippen molar-refractivity contribution in [2.75, 3.05) is 6.54 Å². The monoisotopic (exact) mass is 373 g/mol. The van der Waals surface area contributed by atoms with E-state index in [0.29, 0.717) is 6.54 Å². The number of amides is 2. The zero-order chi connectivity index (χ0) is 19.8. The van der Waals surface area contributed by atoms with Gasteiger partial charge in [0.15, 0.2) is 0 Å². The zero-order valence-electron chi connectivity index (χ0n) is 15.8.